The molecule has 0 heterocycles. The Morgan fingerprint density at radius 1 is 1.33 bits per heavy atom. The van der Waals surface area contributed by atoms with Gasteiger partial charge in [0.2, 0.25) is 5.91 Å². The molecule has 8 heteroatoms. The van der Waals surface area contributed by atoms with Crippen molar-refractivity contribution in [1.82, 2.24) is 15.5 Å². The molecule has 1 amide bonds. The van der Waals surface area contributed by atoms with Gasteiger partial charge >= 0.3 is 0 Å². The van der Waals surface area contributed by atoms with Crippen LogP contribution in [0.5, 0.6) is 5.75 Å². The highest BCUT2D eigenvalue weighted by molar-refractivity contribution is 14.0. The fourth-order valence-corrected chi connectivity index (χ4v) is 2.45. The smallest absolute Gasteiger partial charge is 0.243 e. The van der Waals surface area contributed by atoms with Crippen LogP contribution < -0.4 is 15.4 Å². The monoisotopic (exact) mass is 552 g/mol. The summed E-state index contributed by atoms with van der Waals surface area (Å²) in [5.74, 6) is 1.46. The minimum Gasteiger partial charge on any atom is -0.496 e. The molecule has 0 fully saturated rings. The van der Waals surface area contributed by atoms with Crippen LogP contribution in [-0.4, -0.2) is 57.6 Å². The van der Waals surface area contributed by atoms with Gasteiger partial charge in [-0.25, -0.2) is 4.99 Å². The Kier molecular flexibility index (Phi) is 13.2. The fraction of sp³-hybridized carbons (Fsp3) is 0.474. The number of carbonyl (C=O) groups excluding carboxylic acids is 1. The van der Waals surface area contributed by atoms with Crippen molar-refractivity contribution >= 4 is 51.8 Å². The number of halogens is 2. The minimum atomic E-state index is -0.0407. The van der Waals surface area contributed by atoms with Crippen molar-refractivity contribution in [1.29, 1.82) is 0 Å². The number of aliphatic imine (C=N–C) groups is 1. The highest BCUT2D eigenvalue weighted by Gasteiger charge is 2.06. The van der Waals surface area contributed by atoms with Gasteiger partial charge in [-0.15, -0.1) is 24.0 Å². The lowest BCUT2D eigenvalue weighted by molar-refractivity contribution is -0.127. The average molecular weight is 553 g/mol. The van der Waals surface area contributed by atoms with E-state index in [1.54, 1.807) is 21.2 Å². The number of amides is 1. The second kappa shape index (κ2) is 13.8. The molecule has 0 aliphatic heterocycles. The molecule has 0 radical (unpaired) electrons. The van der Waals surface area contributed by atoms with Gasteiger partial charge in [0.25, 0.3) is 0 Å². The fourth-order valence-electron chi connectivity index (χ4n) is 2.11. The molecule has 1 aromatic rings. The molecule has 0 aliphatic carbocycles. The van der Waals surface area contributed by atoms with E-state index in [0.717, 1.165) is 40.7 Å². The number of rotatable bonds is 9. The number of benzene rings is 1. The number of methoxy groups -OCH3 is 1. The lowest BCUT2D eigenvalue weighted by Crippen LogP contribution is -2.39. The van der Waals surface area contributed by atoms with E-state index in [9.17, 15) is 4.79 Å². The van der Waals surface area contributed by atoms with E-state index in [1.807, 2.05) is 19.1 Å². The van der Waals surface area contributed by atoms with Crippen molar-refractivity contribution in [3.63, 3.8) is 0 Å². The maximum absolute atomic E-state index is 11.7. The van der Waals surface area contributed by atoms with E-state index in [4.69, 9.17) is 4.74 Å². The van der Waals surface area contributed by atoms with Gasteiger partial charge in [0.15, 0.2) is 5.96 Å². The molecule has 2 N–H and O–H groups in total. The Morgan fingerprint density at radius 3 is 2.63 bits per heavy atom. The Hall–Kier alpha value is -1.29. The number of carbonyl (C=O) groups is 1. The van der Waals surface area contributed by atoms with Crippen molar-refractivity contribution in [2.45, 2.75) is 19.8 Å². The first-order valence-electron chi connectivity index (χ1n) is 8.52. The molecule has 152 valence electrons. The number of hydrogen-bond acceptors (Lipinski definition) is 3. The van der Waals surface area contributed by atoms with Crippen molar-refractivity contribution in [2.24, 2.45) is 4.99 Å². The quantitative estimate of drug-likeness (QED) is 0.162. The molecule has 27 heavy (non-hydrogen) atoms. The van der Waals surface area contributed by atoms with Crippen molar-refractivity contribution < 1.29 is 9.53 Å². The van der Waals surface area contributed by atoms with Gasteiger partial charge in [0, 0.05) is 31.7 Å². The second-order valence-corrected chi connectivity index (χ2v) is 7.17. The number of nitrogens with zero attached hydrogens (tertiary/aromatic N) is 2. The first kappa shape index (κ1) is 25.7. The Bertz CT molecular complexity index is 651. The van der Waals surface area contributed by atoms with Crippen LogP contribution in [0.1, 0.15) is 18.9 Å². The third-order valence-corrected chi connectivity index (χ3v) is 4.09. The zero-order chi connectivity index (χ0) is 19.5. The maximum atomic E-state index is 11.7. The average Bonchev–Trinajstić information content (AvgIpc) is 2.60. The van der Waals surface area contributed by atoms with Crippen molar-refractivity contribution in [3.05, 3.63) is 40.4 Å². The summed E-state index contributed by atoms with van der Waals surface area (Å²) < 4.78 is 6.42. The number of aryl methyl sites for hydroxylation is 1. The normalized spacial score (nSPS) is 10.6. The zero-order valence-electron chi connectivity index (χ0n) is 16.5. The van der Waals surface area contributed by atoms with E-state index in [0.29, 0.717) is 12.5 Å². The van der Waals surface area contributed by atoms with E-state index < -0.39 is 0 Å². The van der Waals surface area contributed by atoms with Gasteiger partial charge in [-0.2, -0.15) is 0 Å². The van der Waals surface area contributed by atoms with E-state index in [1.165, 1.54) is 4.90 Å². The third-order valence-electron chi connectivity index (χ3n) is 3.59. The van der Waals surface area contributed by atoms with Crippen LogP contribution in [-0.2, 0) is 11.2 Å². The Labute approximate surface area is 188 Å². The molecule has 0 unspecified atom stereocenters. The molecule has 0 spiro atoms. The first-order chi connectivity index (χ1) is 12.3. The summed E-state index contributed by atoms with van der Waals surface area (Å²) >= 11 is 3.45. The first-order valence-corrected chi connectivity index (χ1v) is 9.32. The summed E-state index contributed by atoms with van der Waals surface area (Å²) in [5, 5.41) is 6.45. The zero-order valence-corrected chi connectivity index (χ0v) is 20.4. The molecule has 6 nitrogen and oxygen atoms in total. The number of hydrogen-bond donors (Lipinski definition) is 2. The summed E-state index contributed by atoms with van der Waals surface area (Å²) in [6, 6.07) is 6.04. The number of nitrogens with one attached hydrogen (secondary N) is 2. The summed E-state index contributed by atoms with van der Waals surface area (Å²) in [4.78, 5) is 17.6. The molecule has 1 aromatic carbocycles. The lowest BCUT2D eigenvalue weighted by Gasteiger charge is -2.14. The van der Waals surface area contributed by atoms with Gasteiger partial charge in [-0.3, -0.25) is 4.79 Å². The minimum absolute atomic E-state index is 0. The third kappa shape index (κ3) is 10.6. The van der Waals surface area contributed by atoms with Crippen LogP contribution >= 0.6 is 39.9 Å². The summed E-state index contributed by atoms with van der Waals surface area (Å²) in [7, 11) is 5.12. The molecule has 0 aromatic heterocycles. The Morgan fingerprint density at radius 2 is 2.04 bits per heavy atom. The largest absolute Gasteiger partial charge is 0.496 e. The van der Waals surface area contributed by atoms with Crippen LogP contribution in [0.15, 0.2) is 39.8 Å². The predicted molar refractivity (Wildman–Crippen MR) is 126 cm³/mol. The van der Waals surface area contributed by atoms with Crippen LogP contribution in [0.25, 0.3) is 0 Å². The van der Waals surface area contributed by atoms with Gasteiger partial charge in [0.05, 0.1) is 7.11 Å². The van der Waals surface area contributed by atoms with E-state index >= 15 is 0 Å². The SMILES string of the molecule is C=C(C)CNC(=NCC(=O)N(C)C)NCCCc1ccc(Br)cc1OC.I. The van der Waals surface area contributed by atoms with Crippen molar-refractivity contribution in [2.75, 3.05) is 40.8 Å². The number of ether oxygens (including phenoxy) is 1. The second-order valence-electron chi connectivity index (χ2n) is 6.25. The molecule has 0 saturated carbocycles. The highest BCUT2D eigenvalue weighted by Crippen LogP contribution is 2.24. The number of likely N-dealkylation sites (N-methyl/N-ethyl adjacent to an activating group) is 1. The summed E-state index contributed by atoms with van der Waals surface area (Å²) in [6.45, 7) is 7.27. The van der Waals surface area contributed by atoms with Crippen LogP contribution in [0.3, 0.4) is 0 Å². The Balaban J connectivity index is 0.00000676. The van der Waals surface area contributed by atoms with Crippen LogP contribution in [0.4, 0.5) is 0 Å². The van der Waals surface area contributed by atoms with E-state index in [2.05, 4.69) is 44.2 Å². The van der Waals surface area contributed by atoms with Gasteiger partial charge in [-0.1, -0.05) is 34.1 Å². The number of guanidine groups is 1. The molecule has 0 aliphatic rings. The lowest BCUT2D eigenvalue weighted by atomic mass is 10.1. The standard InChI is InChI=1S/C19H29BrN4O2.HI/c1-14(2)12-22-19(23-13-18(25)24(3)4)21-10-6-7-15-8-9-16(20)11-17(15)26-5;/h8-9,11H,1,6-7,10,12-13H2,2-5H3,(H2,21,22,23);1H. The molecule has 1 rings (SSSR count). The van der Waals surface area contributed by atoms with E-state index in [-0.39, 0.29) is 36.4 Å². The summed E-state index contributed by atoms with van der Waals surface area (Å²) in [6.07, 6.45) is 1.79. The molecular weight excluding hydrogens is 523 g/mol. The topological polar surface area (TPSA) is 66.0 Å². The highest BCUT2D eigenvalue weighted by atomic mass is 127. The molecule has 0 bridgehead atoms. The molecule has 0 saturated heterocycles. The molecular formula is C19H30BrIN4O2. The predicted octanol–water partition coefficient (Wildman–Crippen LogP) is 3.21. The van der Waals surface area contributed by atoms with Crippen molar-refractivity contribution in [3.8, 4) is 5.75 Å². The maximum Gasteiger partial charge on any atom is 0.243 e. The summed E-state index contributed by atoms with van der Waals surface area (Å²) in [5.41, 5.74) is 2.16. The van der Waals surface area contributed by atoms with Crippen LogP contribution in [0, 0.1) is 0 Å². The van der Waals surface area contributed by atoms with Gasteiger partial charge in [-0.05, 0) is 37.5 Å². The molecule has 0 atom stereocenters. The van der Waals surface area contributed by atoms with Crippen LogP contribution in [0.2, 0.25) is 0 Å². The van der Waals surface area contributed by atoms with Gasteiger partial charge < -0.3 is 20.3 Å². The van der Waals surface area contributed by atoms with Gasteiger partial charge in [0.1, 0.15) is 12.3 Å².